The lowest BCUT2D eigenvalue weighted by Gasteiger charge is -2.39. The van der Waals surface area contributed by atoms with Crippen LogP contribution in [0.4, 0.5) is 4.79 Å². The topological polar surface area (TPSA) is 68.7 Å². The Balaban J connectivity index is 1.72. The van der Waals surface area contributed by atoms with Crippen molar-refractivity contribution in [3.8, 4) is 5.88 Å². The van der Waals surface area contributed by atoms with Crippen LogP contribution in [-0.2, 0) is 4.74 Å². The van der Waals surface area contributed by atoms with Crippen LogP contribution in [0, 0.1) is 12.8 Å². The van der Waals surface area contributed by atoms with E-state index >= 15 is 0 Å². The molecule has 3 heterocycles. The predicted octanol–water partition coefficient (Wildman–Crippen LogP) is 3.76. The molecule has 6 nitrogen and oxygen atoms in total. The molecule has 1 aromatic heterocycles. The number of rotatable bonds is 3. The van der Waals surface area contributed by atoms with E-state index in [4.69, 9.17) is 9.47 Å². The average molecular weight is 360 g/mol. The number of hydrogen-bond acceptors (Lipinski definition) is 5. The summed E-state index contributed by atoms with van der Waals surface area (Å²) >= 11 is 0. The Morgan fingerprint density at radius 1 is 1.19 bits per heavy atom. The fourth-order valence-electron chi connectivity index (χ4n) is 4.12. The Labute approximate surface area is 154 Å². The van der Waals surface area contributed by atoms with E-state index in [9.17, 15) is 9.59 Å². The molecule has 0 aromatic carbocycles. The SMILES string of the molecule is COc1cc(C)c(C(=O)C2CC3CCC(C2)N3C(=O)OC(C)(C)C)cn1. The molecule has 6 heteroatoms. The Bertz CT molecular complexity index is 696. The van der Waals surface area contributed by atoms with Gasteiger partial charge in [-0.05, 0) is 58.9 Å². The van der Waals surface area contributed by atoms with Gasteiger partial charge in [0, 0.05) is 35.8 Å². The molecule has 2 atom stereocenters. The monoisotopic (exact) mass is 360 g/mol. The lowest BCUT2D eigenvalue weighted by atomic mass is 9.84. The number of carbonyl (C=O) groups excluding carboxylic acids is 2. The zero-order chi connectivity index (χ0) is 19.1. The summed E-state index contributed by atoms with van der Waals surface area (Å²) in [6.45, 7) is 7.54. The van der Waals surface area contributed by atoms with E-state index in [0.717, 1.165) is 18.4 Å². The molecule has 3 rings (SSSR count). The van der Waals surface area contributed by atoms with Crippen LogP contribution in [-0.4, -0.2) is 46.6 Å². The maximum absolute atomic E-state index is 13.0. The van der Waals surface area contributed by atoms with E-state index in [-0.39, 0.29) is 29.9 Å². The number of Topliss-reactive ketones (excluding diaryl/α,β-unsaturated/α-hetero) is 1. The molecule has 2 saturated heterocycles. The van der Waals surface area contributed by atoms with Crippen molar-refractivity contribution >= 4 is 11.9 Å². The number of carbonyl (C=O) groups is 2. The normalized spacial score (nSPS) is 25.1. The number of methoxy groups -OCH3 is 1. The van der Waals surface area contributed by atoms with E-state index in [1.165, 1.54) is 0 Å². The molecule has 2 bridgehead atoms. The van der Waals surface area contributed by atoms with Gasteiger partial charge in [0.2, 0.25) is 5.88 Å². The highest BCUT2D eigenvalue weighted by atomic mass is 16.6. The molecular formula is C20H28N2O4. The molecule has 26 heavy (non-hydrogen) atoms. The van der Waals surface area contributed by atoms with E-state index in [1.807, 2.05) is 32.6 Å². The standard InChI is InChI=1S/C20H28N2O4/c1-12-8-17(25-5)21-11-16(12)18(23)13-9-14-6-7-15(10-13)22(14)19(24)26-20(2,3)4/h8,11,13-15H,6-7,9-10H2,1-5H3. The van der Waals surface area contributed by atoms with Crippen LogP contribution in [0.5, 0.6) is 5.88 Å². The van der Waals surface area contributed by atoms with Crippen LogP contribution in [0.1, 0.15) is 62.4 Å². The number of aromatic nitrogens is 1. The van der Waals surface area contributed by atoms with Gasteiger partial charge in [-0.3, -0.25) is 4.79 Å². The average Bonchev–Trinajstić information content (AvgIpc) is 2.83. The smallest absolute Gasteiger partial charge is 0.410 e. The summed E-state index contributed by atoms with van der Waals surface area (Å²) in [4.78, 5) is 31.6. The summed E-state index contributed by atoms with van der Waals surface area (Å²) in [6.07, 6.45) is 4.62. The molecule has 2 aliphatic rings. The zero-order valence-electron chi connectivity index (χ0n) is 16.2. The Kier molecular flexibility index (Phi) is 4.95. The molecule has 2 unspecified atom stereocenters. The number of fused-ring (bicyclic) bond motifs is 2. The molecule has 1 amide bonds. The van der Waals surface area contributed by atoms with Crippen molar-refractivity contribution in [3.63, 3.8) is 0 Å². The van der Waals surface area contributed by atoms with Gasteiger partial charge in [-0.25, -0.2) is 9.78 Å². The van der Waals surface area contributed by atoms with Gasteiger partial charge >= 0.3 is 6.09 Å². The highest BCUT2D eigenvalue weighted by Gasteiger charge is 2.46. The fraction of sp³-hybridized carbons (Fsp3) is 0.650. The van der Waals surface area contributed by atoms with Crippen molar-refractivity contribution in [2.75, 3.05) is 7.11 Å². The number of aryl methyl sites for hydroxylation is 1. The molecule has 2 fully saturated rings. The molecule has 2 aliphatic heterocycles. The highest BCUT2D eigenvalue weighted by molar-refractivity contribution is 5.99. The lowest BCUT2D eigenvalue weighted by Crippen LogP contribution is -2.49. The molecule has 0 spiro atoms. The third-order valence-electron chi connectivity index (χ3n) is 5.27. The van der Waals surface area contributed by atoms with Gasteiger partial charge in [-0.2, -0.15) is 0 Å². The Hall–Kier alpha value is -2.11. The summed E-state index contributed by atoms with van der Waals surface area (Å²) in [5.74, 6) is 0.567. The van der Waals surface area contributed by atoms with E-state index < -0.39 is 5.60 Å². The van der Waals surface area contributed by atoms with Gasteiger partial charge in [0.1, 0.15) is 5.60 Å². The maximum Gasteiger partial charge on any atom is 0.410 e. The van der Waals surface area contributed by atoms with Crippen LogP contribution in [0.2, 0.25) is 0 Å². The molecule has 1 aromatic rings. The second-order valence-corrected chi connectivity index (χ2v) is 8.35. The molecule has 0 N–H and O–H groups in total. The molecule has 0 aliphatic carbocycles. The van der Waals surface area contributed by atoms with Crippen LogP contribution >= 0.6 is 0 Å². The Morgan fingerprint density at radius 3 is 2.31 bits per heavy atom. The number of nitrogens with zero attached hydrogens (tertiary/aromatic N) is 2. The minimum Gasteiger partial charge on any atom is -0.481 e. The first-order valence-corrected chi connectivity index (χ1v) is 9.25. The number of amides is 1. The number of pyridine rings is 1. The summed E-state index contributed by atoms with van der Waals surface area (Å²) in [7, 11) is 1.56. The first kappa shape index (κ1) is 18.7. The van der Waals surface area contributed by atoms with Gasteiger partial charge in [0.25, 0.3) is 0 Å². The van der Waals surface area contributed by atoms with Gasteiger partial charge in [-0.15, -0.1) is 0 Å². The first-order valence-electron chi connectivity index (χ1n) is 9.25. The summed E-state index contributed by atoms with van der Waals surface area (Å²) in [5.41, 5.74) is 1.03. The van der Waals surface area contributed by atoms with Gasteiger partial charge in [0.05, 0.1) is 7.11 Å². The largest absolute Gasteiger partial charge is 0.481 e. The molecule has 0 radical (unpaired) electrons. The molecule has 0 saturated carbocycles. The predicted molar refractivity (Wildman–Crippen MR) is 97.5 cm³/mol. The number of ether oxygens (including phenoxy) is 2. The van der Waals surface area contributed by atoms with Crippen molar-refractivity contribution < 1.29 is 19.1 Å². The minimum absolute atomic E-state index is 0.0694. The molecule has 142 valence electrons. The van der Waals surface area contributed by atoms with Gasteiger partial charge in [-0.1, -0.05) is 0 Å². The first-order chi connectivity index (χ1) is 12.2. The number of piperidine rings is 1. The highest BCUT2D eigenvalue weighted by Crippen LogP contribution is 2.41. The third kappa shape index (κ3) is 3.69. The quantitative estimate of drug-likeness (QED) is 0.768. The third-order valence-corrected chi connectivity index (χ3v) is 5.27. The van der Waals surface area contributed by atoms with E-state index in [1.54, 1.807) is 19.4 Å². The van der Waals surface area contributed by atoms with Crippen molar-refractivity contribution in [2.24, 2.45) is 5.92 Å². The van der Waals surface area contributed by atoms with Crippen LogP contribution < -0.4 is 4.74 Å². The Morgan fingerprint density at radius 2 is 1.81 bits per heavy atom. The van der Waals surface area contributed by atoms with E-state index in [2.05, 4.69) is 4.98 Å². The van der Waals surface area contributed by atoms with Crippen molar-refractivity contribution in [1.82, 2.24) is 9.88 Å². The van der Waals surface area contributed by atoms with Crippen molar-refractivity contribution in [1.29, 1.82) is 0 Å². The summed E-state index contributed by atoms with van der Waals surface area (Å²) < 4.78 is 10.7. The van der Waals surface area contributed by atoms with Crippen LogP contribution in [0.3, 0.4) is 0 Å². The number of hydrogen-bond donors (Lipinski definition) is 0. The number of ketones is 1. The van der Waals surface area contributed by atoms with E-state index in [0.29, 0.717) is 24.3 Å². The lowest BCUT2D eigenvalue weighted by molar-refractivity contribution is 0.00253. The van der Waals surface area contributed by atoms with Crippen molar-refractivity contribution in [3.05, 3.63) is 23.4 Å². The van der Waals surface area contributed by atoms with Gasteiger partial charge < -0.3 is 14.4 Å². The summed E-state index contributed by atoms with van der Waals surface area (Å²) in [6, 6.07) is 1.96. The minimum atomic E-state index is -0.505. The second-order valence-electron chi connectivity index (χ2n) is 8.35. The van der Waals surface area contributed by atoms with Crippen LogP contribution in [0.25, 0.3) is 0 Å². The zero-order valence-corrected chi connectivity index (χ0v) is 16.2. The fourth-order valence-corrected chi connectivity index (χ4v) is 4.12. The summed E-state index contributed by atoms with van der Waals surface area (Å²) in [5, 5.41) is 0. The van der Waals surface area contributed by atoms with Crippen LogP contribution in [0.15, 0.2) is 12.3 Å². The second kappa shape index (κ2) is 6.89. The maximum atomic E-state index is 13.0. The van der Waals surface area contributed by atoms with Gasteiger partial charge in [0.15, 0.2) is 5.78 Å². The molecular weight excluding hydrogens is 332 g/mol. The van der Waals surface area contributed by atoms with Crippen molar-refractivity contribution in [2.45, 2.75) is 71.1 Å².